The Bertz CT molecular complexity index is 831. The summed E-state index contributed by atoms with van der Waals surface area (Å²) < 4.78 is 1.04. The highest BCUT2D eigenvalue weighted by Gasteiger charge is 2.31. The molecule has 0 saturated carbocycles. The van der Waals surface area contributed by atoms with Crippen LogP contribution in [-0.2, 0) is 6.54 Å². The molecule has 122 valence electrons. The van der Waals surface area contributed by atoms with Crippen LogP contribution in [0, 0.1) is 0 Å². The van der Waals surface area contributed by atoms with Crippen LogP contribution in [-0.4, -0.2) is 28.2 Å². The first-order valence-corrected chi connectivity index (χ1v) is 8.78. The Morgan fingerprint density at radius 1 is 1.29 bits per heavy atom. The van der Waals surface area contributed by atoms with E-state index in [-0.39, 0.29) is 11.9 Å². The Labute approximate surface area is 148 Å². The van der Waals surface area contributed by atoms with Crippen molar-refractivity contribution in [3.05, 3.63) is 63.4 Å². The van der Waals surface area contributed by atoms with E-state index < -0.39 is 0 Å². The number of hydrogen-bond donors (Lipinski definition) is 1. The number of amides is 1. The van der Waals surface area contributed by atoms with Gasteiger partial charge in [0.15, 0.2) is 0 Å². The van der Waals surface area contributed by atoms with Gasteiger partial charge in [0.1, 0.15) is 5.84 Å². The minimum absolute atomic E-state index is 0.00965. The largest absolute Gasteiger partial charge is 0.383 e. The fourth-order valence-corrected chi connectivity index (χ4v) is 3.67. The van der Waals surface area contributed by atoms with Crippen molar-refractivity contribution < 1.29 is 4.79 Å². The normalized spacial score (nSPS) is 19.3. The zero-order chi connectivity index (χ0) is 16.7. The minimum atomic E-state index is 0.00965. The Morgan fingerprint density at radius 3 is 2.88 bits per heavy atom. The number of carbonyl (C=O) groups is 1. The Hall–Kier alpha value is -2.21. The highest BCUT2D eigenvalue weighted by atomic mass is 79.9. The third-order valence-electron chi connectivity index (χ3n) is 4.66. The number of fused-ring (bicyclic) bond motifs is 1. The van der Waals surface area contributed by atoms with Crippen LogP contribution in [0.1, 0.15) is 46.1 Å². The average Bonchev–Trinajstić information content (AvgIpc) is 3.22. The van der Waals surface area contributed by atoms with Crippen LogP contribution in [0.25, 0.3) is 0 Å². The molecule has 24 heavy (non-hydrogen) atoms. The Kier molecular flexibility index (Phi) is 3.84. The van der Waals surface area contributed by atoms with Gasteiger partial charge in [-0.1, -0.05) is 28.1 Å². The second-order valence-corrected chi connectivity index (χ2v) is 7.04. The summed E-state index contributed by atoms with van der Waals surface area (Å²) in [4.78, 5) is 23.5. The lowest BCUT2D eigenvalue weighted by Crippen LogP contribution is -2.31. The summed E-state index contributed by atoms with van der Waals surface area (Å²) in [7, 11) is 0. The molecule has 1 amide bonds. The summed E-state index contributed by atoms with van der Waals surface area (Å²) >= 11 is 3.46. The lowest BCUT2D eigenvalue weighted by Gasteiger charge is -2.25. The SMILES string of the molecule is NC1=NCc2ncc(C(=O)N3CCC[C@@H]3c3ccc(Br)cc3)cc21. The van der Waals surface area contributed by atoms with Gasteiger partial charge >= 0.3 is 0 Å². The monoisotopic (exact) mass is 384 g/mol. The third-order valence-corrected chi connectivity index (χ3v) is 5.19. The van der Waals surface area contributed by atoms with Gasteiger partial charge in [-0.3, -0.25) is 14.8 Å². The van der Waals surface area contributed by atoms with E-state index in [0.29, 0.717) is 17.9 Å². The van der Waals surface area contributed by atoms with Gasteiger partial charge in [0.05, 0.1) is 23.8 Å². The first-order chi connectivity index (χ1) is 11.6. The van der Waals surface area contributed by atoms with Gasteiger partial charge in [0.25, 0.3) is 5.91 Å². The number of nitrogens with zero attached hydrogens (tertiary/aromatic N) is 3. The van der Waals surface area contributed by atoms with E-state index in [4.69, 9.17) is 5.73 Å². The first kappa shape index (κ1) is 15.3. The molecule has 0 aliphatic carbocycles. The molecule has 1 saturated heterocycles. The van der Waals surface area contributed by atoms with E-state index >= 15 is 0 Å². The highest BCUT2D eigenvalue weighted by molar-refractivity contribution is 9.10. The summed E-state index contributed by atoms with van der Waals surface area (Å²) in [6.07, 6.45) is 3.63. The molecule has 0 unspecified atom stereocenters. The topological polar surface area (TPSA) is 71.6 Å². The van der Waals surface area contributed by atoms with E-state index in [1.165, 1.54) is 5.56 Å². The van der Waals surface area contributed by atoms with Crippen molar-refractivity contribution in [2.75, 3.05) is 6.54 Å². The van der Waals surface area contributed by atoms with Gasteiger partial charge in [0.2, 0.25) is 0 Å². The minimum Gasteiger partial charge on any atom is -0.383 e. The first-order valence-electron chi connectivity index (χ1n) is 7.99. The van der Waals surface area contributed by atoms with Crippen molar-refractivity contribution in [1.29, 1.82) is 0 Å². The molecule has 1 fully saturated rings. The van der Waals surface area contributed by atoms with Crippen LogP contribution in [0.4, 0.5) is 0 Å². The van der Waals surface area contributed by atoms with E-state index in [1.54, 1.807) is 6.20 Å². The van der Waals surface area contributed by atoms with Crippen LogP contribution in [0.5, 0.6) is 0 Å². The maximum absolute atomic E-state index is 13.0. The molecule has 2 aliphatic rings. The van der Waals surface area contributed by atoms with Crippen molar-refractivity contribution in [2.45, 2.75) is 25.4 Å². The molecule has 4 rings (SSSR count). The molecular weight excluding hydrogens is 368 g/mol. The molecule has 5 nitrogen and oxygen atoms in total. The number of carbonyl (C=O) groups excluding carboxylic acids is 1. The fraction of sp³-hybridized carbons (Fsp3) is 0.278. The van der Waals surface area contributed by atoms with Gasteiger partial charge in [-0.25, -0.2) is 0 Å². The van der Waals surface area contributed by atoms with Crippen LogP contribution in [0.2, 0.25) is 0 Å². The highest BCUT2D eigenvalue weighted by Crippen LogP contribution is 2.34. The molecule has 2 N–H and O–H groups in total. The average molecular weight is 385 g/mol. The number of benzene rings is 1. The number of aliphatic imine (C=N–C) groups is 1. The summed E-state index contributed by atoms with van der Waals surface area (Å²) in [5, 5.41) is 0. The molecule has 1 aromatic heterocycles. The molecule has 0 spiro atoms. The van der Waals surface area contributed by atoms with Gasteiger partial charge < -0.3 is 10.6 Å². The number of amidine groups is 1. The van der Waals surface area contributed by atoms with Crippen LogP contribution >= 0.6 is 15.9 Å². The lowest BCUT2D eigenvalue weighted by atomic mass is 10.0. The summed E-state index contributed by atoms with van der Waals surface area (Å²) in [5.41, 5.74) is 9.26. The number of nitrogens with two attached hydrogens (primary N) is 1. The standard InChI is InChI=1S/C18H17BrN4O/c19-13-5-3-11(4-6-13)16-2-1-7-23(16)18(24)12-8-14-15(21-9-12)10-22-17(14)20/h3-6,8-9,16H,1-2,7,10H2,(H2,20,22)/t16-/m1/s1. The Balaban J connectivity index is 1.63. The Morgan fingerprint density at radius 2 is 2.08 bits per heavy atom. The number of hydrogen-bond acceptors (Lipinski definition) is 4. The number of pyridine rings is 1. The molecule has 1 atom stereocenters. The zero-order valence-electron chi connectivity index (χ0n) is 13.1. The van der Waals surface area contributed by atoms with Crippen LogP contribution in [0.3, 0.4) is 0 Å². The van der Waals surface area contributed by atoms with Crippen LogP contribution < -0.4 is 5.73 Å². The van der Waals surface area contributed by atoms with Crippen molar-refractivity contribution in [3.8, 4) is 0 Å². The predicted octanol–water partition coefficient (Wildman–Crippen LogP) is 3.04. The molecule has 3 heterocycles. The third kappa shape index (κ3) is 2.60. The van der Waals surface area contributed by atoms with E-state index in [1.807, 2.05) is 23.1 Å². The molecule has 1 aromatic carbocycles. The maximum Gasteiger partial charge on any atom is 0.255 e. The molecule has 0 radical (unpaired) electrons. The summed E-state index contributed by atoms with van der Waals surface area (Å²) in [5.74, 6) is 0.480. The lowest BCUT2D eigenvalue weighted by molar-refractivity contribution is 0.0735. The molecule has 2 aromatic rings. The van der Waals surface area contributed by atoms with Gasteiger partial charge in [0, 0.05) is 22.8 Å². The molecule has 6 heteroatoms. The van der Waals surface area contributed by atoms with Gasteiger partial charge in [-0.05, 0) is 36.6 Å². The summed E-state index contributed by atoms with van der Waals surface area (Å²) in [6, 6.07) is 10.1. The fourth-order valence-electron chi connectivity index (χ4n) is 3.41. The molecular formula is C18H17BrN4O. The molecule has 0 bridgehead atoms. The second kappa shape index (κ2) is 6.02. The number of likely N-dealkylation sites (tertiary alicyclic amines) is 1. The maximum atomic E-state index is 13.0. The zero-order valence-corrected chi connectivity index (χ0v) is 14.7. The van der Waals surface area contributed by atoms with E-state index in [0.717, 1.165) is 35.1 Å². The smallest absolute Gasteiger partial charge is 0.255 e. The van der Waals surface area contributed by atoms with Crippen LogP contribution in [0.15, 0.2) is 46.0 Å². The second-order valence-electron chi connectivity index (χ2n) is 6.13. The van der Waals surface area contributed by atoms with Gasteiger partial charge in [-0.15, -0.1) is 0 Å². The van der Waals surface area contributed by atoms with E-state index in [2.05, 4.69) is 38.0 Å². The molecule has 2 aliphatic heterocycles. The van der Waals surface area contributed by atoms with E-state index in [9.17, 15) is 4.79 Å². The van der Waals surface area contributed by atoms with Crippen molar-refractivity contribution >= 4 is 27.7 Å². The number of aromatic nitrogens is 1. The number of halogens is 1. The number of rotatable bonds is 2. The van der Waals surface area contributed by atoms with Crippen molar-refractivity contribution in [2.24, 2.45) is 10.7 Å². The van der Waals surface area contributed by atoms with Gasteiger partial charge in [-0.2, -0.15) is 0 Å². The van der Waals surface area contributed by atoms with Crippen molar-refractivity contribution in [1.82, 2.24) is 9.88 Å². The predicted molar refractivity (Wildman–Crippen MR) is 95.8 cm³/mol. The van der Waals surface area contributed by atoms with Crippen molar-refractivity contribution in [3.63, 3.8) is 0 Å². The summed E-state index contributed by atoms with van der Waals surface area (Å²) in [6.45, 7) is 1.26. The quantitative estimate of drug-likeness (QED) is 0.864.